The fraction of sp³-hybridized carbons (Fsp3) is 0.444. The van der Waals surface area contributed by atoms with Crippen LogP contribution in [0.3, 0.4) is 0 Å². The summed E-state index contributed by atoms with van der Waals surface area (Å²) in [5, 5.41) is 23.2. The van der Waals surface area contributed by atoms with Gasteiger partial charge in [-0.25, -0.2) is 0 Å². The van der Waals surface area contributed by atoms with Crippen LogP contribution < -0.4 is 0 Å². The van der Waals surface area contributed by atoms with Crippen molar-refractivity contribution < 1.29 is 10.2 Å². The molecule has 0 bridgehead atoms. The van der Waals surface area contributed by atoms with Crippen molar-refractivity contribution in [2.45, 2.75) is 44.3 Å². The molecule has 0 saturated carbocycles. The van der Waals surface area contributed by atoms with Crippen LogP contribution in [0.2, 0.25) is 0 Å². The van der Waals surface area contributed by atoms with Crippen LogP contribution >= 0.6 is 11.8 Å². The van der Waals surface area contributed by atoms with E-state index in [-0.39, 0.29) is 0 Å². The van der Waals surface area contributed by atoms with Crippen molar-refractivity contribution in [2.24, 2.45) is 0 Å². The smallest absolute Gasteiger partial charge is 0.127 e. The van der Waals surface area contributed by atoms with Crippen molar-refractivity contribution in [3.8, 4) is 11.5 Å². The van der Waals surface area contributed by atoms with Crippen LogP contribution in [0.1, 0.15) is 37.3 Å². The molecule has 0 amide bonds. The van der Waals surface area contributed by atoms with E-state index in [2.05, 4.69) is 6.92 Å². The summed E-state index contributed by atoms with van der Waals surface area (Å²) in [5.74, 6) is 1.94. The third-order valence-corrected chi connectivity index (χ3v) is 5.77. The number of benzene rings is 2. The lowest BCUT2D eigenvalue weighted by Crippen LogP contribution is -2.17. The van der Waals surface area contributed by atoms with Crippen LogP contribution in [-0.4, -0.2) is 21.2 Å². The standard InChI is InChI=1S/C18H22O2S/c1-2-3-10-21-12-8-9-15-16(11-12)18(20)14-7-5-4-6-13(14)17(15)19/h4-7,12,19-20H,2-3,8-11H2,1H3. The van der Waals surface area contributed by atoms with E-state index in [4.69, 9.17) is 0 Å². The van der Waals surface area contributed by atoms with Gasteiger partial charge in [-0.2, -0.15) is 11.8 Å². The van der Waals surface area contributed by atoms with Gasteiger partial charge in [0.25, 0.3) is 0 Å². The van der Waals surface area contributed by atoms with Crippen molar-refractivity contribution in [3.05, 3.63) is 35.4 Å². The second kappa shape index (κ2) is 6.18. The highest BCUT2D eigenvalue weighted by atomic mass is 32.2. The Hall–Kier alpha value is -1.35. The van der Waals surface area contributed by atoms with E-state index >= 15 is 0 Å². The number of thioether (sulfide) groups is 1. The van der Waals surface area contributed by atoms with Crippen LogP contribution in [0.25, 0.3) is 10.8 Å². The lowest BCUT2D eigenvalue weighted by molar-refractivity contribution is 0.450. The average Bonchev–Trinajstić information content (AvgIpc) is 2.53. The lowest BCUT2D eigenvalue weighted by Gasteiger charge is -2.26. The quantitative estimate of drug-likeness (QED) is 0.638. The predicted octanol–water partition coefficient (Wildman–Crippen LogP) is 4.64. The molecule has 2 aromatic carbocycles. The Bertz CT molecular complexity index is 651. The van der Waals surface area contributed by atoms with Gasteiger partial charge < -0.3 is 10.2 Å². The second-order valence-electron chi connectivity index (χ2n) is 5.79. The van der Waals surface area contributed by atoms with Gasteiger partial charge in [-0.05, 0) is 31.4 Å². The zero-order valence-electron chi connectivity index (χ0n) is 12.4. The zero-order chi connectivity index (χ0) is 14.8. The summed E-state index contributed by atoms with van der Waals surface area (Å²) in [7, 11) is 0. The molecule has 0 aromatic heterocycles. The summed E-state index contributed by atoms with van der Waals surface area (Å²) in [6.07, 6.45) is 5.31. The average molecular weight is 302 g/mol. The van der Waals surface area contributed by atoms with Gasteiger partial charge in [0.05, 0.1) is 0 Å². The number of phenols is 2. The monoisotopic (exact) mass is 302 g/mol. The Morgan fingerprint density at radius 2 is 1.76 bits per heavy atom. The maximum absolute atomic E-state index is 10.6. The third kappa shape index (κ3) is 2.71. The Balaban J connectivity index is 1.94. The summed E-state index contributed by atoms with van der Waals surface area (Å²) < 4.78 is 0. The van der Waals surface area contributed by atoms with E-state index < -0.39 is 0 Å². The highest BCUT2D eigenvalue weighted by Gasteiger charge is 2.26. The fourth-order valence-electron chi connectivity index (χ4n) is 3.17. The van der Waals surface area contributed by atoms with E-state index in [0.29, 0.717) is 16.7 Å². The van der Waals surface area contributed by atoms with E-state index in [1.54, 1.807) is 0 Å². The number of unbranched alkanes of at least 4 members (excludes halogenated alkanes) is 1. The topological polar surface area (TPSA) is 40.5 Å². The summed E-state index contributed by atoms with van der Waals surface area (Å²) in [6.45, 7) is 2.22. The number of phenolic OH excluding ortho intramolecular Hbond substituents is 2. The maximum Gasteiger partial charge on any atom is 0.127 e. The lowest BCUT2D eigenvalue weighted by atomic mass is 9.87. The van der Waals surface area contributed by atoms with Crippen molar-refractivity contribution in [1.29, 1.82) is 0 Å². The van der Waals surface area contributed by atoms with E-state index in [1.807, 2.05) is 36.0 Å². The van der Waals surface area contributed by atoms with E-state index in [9.17, 15) is 10.2 Å². The van der Waals surface area contributed by atoms with E-state index in [0.717, 1.165) is 41.2 Å². The first kappa shape index (κ1) is 14.6. The minimum Gasteiger partial charge on any atom is -0.507 e. The Kier molecular flexibility index (Phi) is 4.29. The summed E-state index contributed by atoms with van der Waals surface area (Å²) in [4.78, 5) is 0. The van der Waals surface area contributed by atoms with Crippen LogP contribution in [-0.2, 0) is 12.8 Å². The molecule has 2 aromatic rings. The molecule has 21 heavy (non-hydrogen) atoms. The van der Waals surface area contributed by atoms with Gasteiger partial charge in [0, 0.05) is 27.1 Å². The van der Waals surface area contributed by atoms with Crippen molar-refractivity contribution in [3.63, 3.8) is 0 Å². The second-order valence-corrected chi connectivity index (χ2v) is 7.20. The van der Waals surface area contributed by atoms with Crippen molar-refractivity contribution >= 4 is 22.5 Å². The van der Waals surface area contributed by atoms with Crippen LogP contribution in [0.5, 0.6) is 11.5 Å². The SMILES string of the molecule is CCCCSC1CCc2c(c(O)c3ccccc3c2O)C1. The summed E-state index contributed by atoms with van der Waals surface area (Å²) in [5.41, 5.74) is 1.92. The van der Waals surface area contributed by atoms with Gasteiger partial charge in [-0.3, -0.25) is 0 Å². The molecule has 1 aliphatic carbocycles. The Morgan fingerprint density at radius 3 is 2.43 bits per heavy atom. The Morgan fingerprint density at radius 1 is 1.10 bits per heavy atom. The van der Waals surface area contributed by atoms with Gasteiger partial charge >= 0.3 is 0 Å². The number of fused-ring (bicyclic) bond motifs is 2. The molecule has 0 radical (unpaired) electrons. The van der Waals surface area contributed by atoms with Gasteiger partial charge in [0.15, 0.2) is 0 Å². The van der Waals surface area contributed by atoms with Crippen molar-refractivity contribution in [1.82, 2.24) is 0 Å². The number of hydrogen-bond acceptors (Lipinski definition) is 3. The molecule has 2 N–H and O–H groups in total. The van der Waals surface area contributed by atoms with Gasteiger partial charge in [0.2, 0.25) is 0 Å². The number of rotatable bonds is 4. The van der Waals surface area contributed by atoms with Crippen LogP contribution in [0.4, 0.5) is 0 Å². The predicted molar refractivity (Wildman–Crippen MR) is 90.5 cm³/mol. The Labute approximate surface area is 130 Å². The normalized spacial score (nSPS) is 17.9. The molecule has 1 atom stereocenters. The minimum atomic E-state index is 0.371. The van der Waals surface area contributed by atoms with Crippen LogP contribution in [0.15, 0.2) is 24.3 Å². The molecule has 0 heterocycles. The molecule has 3 heteroatoms. The third-order valence-electron chi connectivity index (χ3n) is 4.37. The first-order chi connectivity index (χ1) is 10.2. The minimum absolute atomic E-state index is 0.371. The van der Waals surface area contributed by atoms with Crippen LogP contribution in [0, 0.1) is 0 Å². The summed E-state index contributed by atoms with van der Waals surface area (Å²) >= 11 is 2.01. The number of hydrogen-bond donors (Lipinski definition) is 2. The molecule has 112 valence electrons. The van der Waals surface area contributed by atoms with Crippen molar-refractivity contribution in [2.75, 3.05) is 5.75 Å². The van der Waals surface area contributed by atoms with Gasteiger partial charge in [-0.15, -0.1) is 0 Å². The highest BCUT2D eigenvalue weighted by Crippen LogP contribution is 2.44. The zero-order valence-corrected chi connectivity index (χ0v) is 13.2. The molecule has 3 rings (SSSR count). The maximum atomic E-state index is 10.6. The molecule has 0 spiro atoms. The van der Waals surface area contributed by atoms with E-state index in [1.165, 1.54) is 18.6 Å². The first-order valence-corrected chi connectivity index (χ1v) is 8.83. The number of aromatic hydroxyl groups is 2. The summed E-state index contributed by atoms with van der Waals surface area (Å²) in [6, 6.07) is 7.58. The first-order valence-electron chi connectivity index (χ1n) is 7.78. The van der Waals surface area contributed by atoms with Gasteiger partial charge in [0.1, 0.15) is 11.5 Å². The van der Waals surface area contributed by atoms with Gasteiger partial charge in [-0.1, -0.05) is 37.6 Å². The molecule has 0 saturated heterocycles. The molecular weight excluding hydrogens is 280 g/mol. The molecule has 0 aliphatic heterocycles. The molecule has 1 unspecified atom stereocenters. The highest BCUT2D eigenvalue weighted by molar-refractivity contribution is 7.99. The largest absolute Gasteiger partial charge is 0.507 e. The molecule has 0 fully saturated rings. The molecule has 2 nitrogen and oxygen atoms in total. The fourth-order valence-corrected chi connectivity index (χ4v) is 4.53. The molecular formula is C18H22O2S. The molecule has 1 aliphatic rings.